The molecule has 0 bridgehead atoms. The zero-order chi connectivity index (χ0) is 25.3. The average Bonchev–Trinajstić information content (AvgIpc) is 3.33. The minimum atomic E-state index is -0.483. The molecule has 7 heteroatoms. The number of benzene rings is 1. The van der Waals surface area contributed by atoms with Crippen molar-refractivity contribution in [3.63, 3.8) is 0 Å². The minimum Gasteiger partial charge on any atom is -0.391 e. The summed E-state index contributed by atoms with van der Waals surface area (Å²) in [7, 11) is 0. The Kier molecular flexibility index (Phi) is 8.23. The number of likely N-dealkylation sites (tertiary alicyclic amines) is 1. The van der Waals surface area contributed by atoms with E-state index in [4.69, 9.17) is 0 Å². The van der Waals surface area contributed by atoms with Gasteiger partial charge in [-0.1, -0.05) is 45.0 Å². The maximum atomic E-state index is 13.6. The molecule has 0 spiro atoms. The van der Waals surface area contributed by atoms with Crippen LogP contribution < -0.4 is 10.6 Å². The summed E-state index contributed by atoms with van der Waals surface area (Å²) >= 11 is 1.66. The molecule has 2 heterocycles. The molecule has 2 aromatic rings. The summed E-state index contributed by atoms with van der Waals surface area (Å²) in [6.07, 6.45) is 0.116. The number of aromatic nitrogens is 1. The lowest BCUT2D eigenvalue weighted by Crippen LogP contribution is -2.59. The van der Waals surface area contributed by atoms with Crippen LogP contribution >= 0.6 is 11.3 Å². The highest BCUT2D eigenvalue weighted by Gasteiger charge is 2.42. The second-order valence-electron chi connectivity index (χ2n) is 11.7. The first-order chi connectivity index (χ1) is 15.8. The third kappa shape index (κ3) is 6.66. The lowest BCUT2D eigenvalue weighted by Gasteiger charge is -2.39. The highest BCUT2D eigenvalue weighted by atomic mass is 32.1. The SMILES string of the molecule is Cc1ncsc1-c1ccc(C(C)NCC2C[C@@H](O)CN2C(=O)C(NC(C)(C)C)C(C)(C)C)cc1. The lowest BCUT2D eigenvalue weighted by molar-refractivity contribution is -0.138. The standard InChI is InChI=1S/C27H42N4O2S/c1-17(19-9-11-20(12-10-19)23-18(2)29-16-34-23)28-14-21-13-22(32)15-31(21)25(33)24(26(3,4)5)30-27(6,7)8/h9-12,16-17,21-22,24,28,30,32H,13-15H2,1-8H3/t17?,21?,22-,24?/m1/s1. The molecule has 34 heavy (non-hydrogen) atoms. The smallest absolute Gasteiger partial charge is 0.240 e. The Labute approximate surface area is 209 Å². The van der Waals surface area contributed by atoms with Crippen molar-refractivity contribution in [2.45, 2.75) is 91.6 Å². The van der Waals surface area contributed by atoms with Gasteiger partial charge in [0, 0.05) is 30.7 Å². The minimum absolute atomic E-state index is 0.0318. The van der Waals surface area contributed by atoms with Crippen LogP contribution in [0.4, 0.5) is 0 Å². The number of thiazole rings is 1. The summed E-state index contributed by atoms with van der Waals surface area (Å²) in [5.41, 5.74) is 4.91. The second-order valence-corrected chi connectivity index (χ2v) is 12.6. The Balaban J connectivity index is 1.67. The van der Waals surface area contributed by atoms with Gasteiger partial charge < -0.3 is 20.6 Å². The van der Waals surface area contributed by atoms with Gasteiger partial charge in [0.15, 0.2) is 0 Å². The summed E-state index contributed by atoms with van der Waals surface area (Å²) in [6, 6.07) is 8.39. The monoisotopic (exact) mass is 486 g/mol. The topological polar surface area (TPSA) is 77.5 Å². The number of nitrogens with one attached hydrogen (secondary N) is 2. The van der Waals surface area contributed by atoms with E-state index in [2.05, 4.69) is 88.3 Å². The van der Waals surface area contributed by atoms with Crippen molar-refractivity contribution in [3.05, 3.63) is 41.0 Å². The van der Waals surface area contributed by atoms with Gasteiger partial charge in [-0.15, -0.1) is 11.3 Å². The van der Waals surface area contributed by atoms with Gasteiger partial charge in [0.05, 0.1) is 28.2 Å². The van der Waals surface area contributed by atoms with E-state index in [1.165, 1.54) is 16.0 Å². The molecule has 1 aliphatic heterocycles. The van der Waals surface area contributed by atoms with Crippen molar-refractivity contribution in [2.24, 2.45) is 5.41 Å². The molecule has 0 aliphatic carbocycles. The number of carbonyl (C=O) groups is 1. The van der Waals surface area contributed by atoms with Gasteiger partial charge in [0.2, 0.25) is 5.91 Å². The average molecular weight is 487 g/mol. The van der Waals surface area contributed by atoms with Crippen molar-refractivity contribution in [1.29, 1.82) is 0 Å². The molecule has 0 radical (unpaired) electrons. The molecule has 1 aromatic heterocycles. The van der Waals surface area contributed by atoms with Crippen LogP contribution in [0.2, 0.25) is 0 Å². The number of rotatable bonds is 7. The Morgan fingerprint density at radius 1 is 1.21 bits per heavy atom. The lowest BCUT2D eigenvalue weighted by atomic mass is 9.84. The van der Waals surface area contributed by atoms with Crippen molar-refractivity contribution in [3.8, 4) is 10.4 Å². The highest BCUT2D eigenvalue weighted by molar-refractivity contribution is 7.13. The molecule has 188 valence electrons. The molecule has 1 aromatic carbocycles. The summed E-state index contributed by atoms with van der Waals surface area (Å²) in [5, 5.41) is 17.5. The van der Waals surface area contributed by atoms with E-state index in [9.17, 15) is 9.90 Å². The molecule has 1 amide bonds. The fourth-order valence-corrected chi connectivity index (χ4v) is 5.35. The second kappa shape index (κ2) is 10.4. The Morgan fingerprint density at radius 3 is 2.38 bits per heavy atom. The number of hydrogen-bond donors (Lipinski definition) is 3. The van der Waals surface area contributed by atoms with Crippen LogP contribution in [0.25, 0.3) is 10.4 Å². The van der Waals surface area contributed by atoms with Gasteiger partial charge >= 0.3 is 0 Å². The number of hydrogen-bond acceptors (Lipinski definition) is 6. The van der Waals surface area contributed by atoms with Gasteiger partial charge in [-0.05, 0) is 57.6 Å². The number of carbonyl (C=O) groups excluding carboxylic acids is 1. The van der Waals surface area contributed by atoms with Crippen LogP contribution in [0.5, 0.6) is 0 Å². The molecular formula is C27H42N4O2S. The van der Waals surface area contributed by atoms with Crippen molar-refractivity contribution >= 4 is 17.2 Å². The van der Waals surface area contributed by atoms with Crippen molar-refractivity contribution in [2.75, 3.05) is 13.1 Å². The first kappa shape index (κ1) is 26.8. The predicted molar refractivity (Wildman–Crippen MR) is 141 cm³/mol. The Bertz CT molecular complexity index is 958. The summed E-state index contributed by atoms with van der Waals surface area (Å²) in [5.74, 6) is 0.0720. The zero-order valence-electron chi connectivity index (χ0n) is 22.0. The van der Waals surface area contributed by atoms with E-state index in [1.807, 2.05) is 17.3 Å². The van der Waals surface area contributed by atoms with Crippen LogP contribution in [0.1, 0.15) is 72.2 Å². The van der Waals surface area contributed by atoms with Crippen LogP contribution in [0, 0.1) is 12.3 Å². The molecule has 4 atom stereocenters. The van der Waals surface area contributed by atoms with Crippen LogP contribution in [-0.4, -0.2) is 57.7 Å². The van der Waals surface area contributed by atoms with Crippen molar-refractivity contribution in [1.82, 2.24) is 20.5 Å². The van der Waals surface area contributed by atoms with E-state index in [1.54, 1.807) is 11.3 Å². The van der Waals surface area contributed by atoms with Gasteiger partial charge in [-0.25, -0.2) is 4.98 Å². The van der Waals surface area contributed by atoms with Crippen LogP contribution in [0.15, 0.2) is 29.8 Å². The highest BCUT2D eigenvalue weighted by Crippen LogP contribution is 2.29. The maximum Gasteiger partial charge on any atom is 0.240 e. The third-order valence-electron chi connectivity index (χ3n) is 6.44. The van der Waals surface area contributed by atoms with Gasteiger partial charge in [0.1, 0.15) is 0 Å². The Morgan fingerprint density at radius 2 is 1.85 bits per heavy atom. The van der Waals surface area contributed by atoms with E-state index < -0.39 is 6.10 Å². The first-order valence-corrected chi connectivity index (χ1v) is 13.1. The fourth-order valence-electron chi connectivity index (χ4n) is 4.54. The van der Waals surface area contributed by atoms with Crippen LogP contribution in [0.3, 0.4) is 0 Å². The third-order valence-corrected chi connectivity index (χ3v) is 7.42. The normalized spacial score (nSPS) is 21.0. The first-order valence-electron chi connectivity index (χ1n) is 12.3. The number of β-amino-alcohol motifs (C(OH)–C–C–N with tert-alkyl or cyclic N) is 1. The van der Waals surface area contributed by atoms with E-state index in [0.29, 0.717) is 19.5 Å². The molecule has 3 N–H and O–H groups in total. The van der Waals surface area contributed by atoms with Crippen LogP contribution in [-0.2, 0) is 4.79 Å². The molecule has 3 unspecified atom stereocenters. The van der Waals surface area contributed by atoms with Crippen molar-refractivity contribution < 1.29 is 9.90 Å². The summed E-state index contributed by atoms with van der Waals surface area (Å²) in [4.78, 5) is 21.1. The molecule has 6 nitrogen and oxygen atoms in total. The maximum absolute atomic E-state index is 13.6. The molecule has 1 saturated heterocycles. The number of nitrogens with zero attached hydrogens (tertiary/aromatic N) is 2. The van der Waals surface area contributed by atoms with E-state index in [0.717, 1.165) is 5.69 Å². The number of aliphatic hydroxyl groups is 1. The number of aryl methyl sites for hydroxylation is 1. The number of aliphatic hydroxyl groups excluding tert-OH is 1. The molecule has 1 fully saturated rings. The summed E-state index contributed by atoms with van der Waals surface area (Å²) in [6.45, 7) is 17.7. The number of amides is 1. The summed E-state index contributed by atoms with van der Waals surface area (Å²) < 4.78 is 0. The zero-order valence-corrected chi connectivity index (χ0v) is 22.8. The molecule has 3 rings (SSSR count). The molecule has 1 aliphatic rings. The quantitative estimate of drug-likeness (QED) is 0.536. The van der Waals surface area contributed by atoms with Gasteiger partial charge in [0.25, 0.3) is 0 Å². The fraction of sp³-hybridized carbons (Fsp3) is 0.630. The van der Waals surface area contributed by atoms with Gasteiger partial charge in [-0.3, -0.25) is 4.79 Å². The molecular weight excluding hydrogens is 444 g/mol. The molecule has 0 saturated carbocycles. The predicted octanol–water partition coefficient (Wildman–Crippen LogP) is 4.53. The van der Waals surface area contributed by atoms with Gasteiger partial charge in [-0.2, -0.15) is 0 Å². The largest absolute Gasteiger partial charge is 0.391 e. The Hall–Kier alpha value is -1.80. The van der Waals surface area contributed by atoms with E-state index in [-0.39, 0.29) is 35.0 Å². The van der Waals surface area contributed by atoms with E-state index >= 15 is 0 Å².